The standard InChI is InChI=1S/C11H15F5O2/c1-2-18-9(17)7-5-3-4-6-8-10(12,13)11(14,15)16/h3,5H,2,4,6-8H2,1H3/b5-3+. The summed E-state index contributed by atoms with van der Waals surface area (Å²) in [5.41, 5.74) is 0. The predicted molar refractivity (Wildman–Crippen MR) is 55.2 cm³/mol. The summed E-state index contributed by atoms with van der Waals surface area (Å²) in [4.78, 5) is 10.8. The number of ether oxygens (including phenoxy) is 1. The molecule has 18 heavy (non-hydrogen) atoms. The van der Waals surface area contributed by atoms with E-state index in [0.29, 0.717) is 0 Å². The second-order valence-corrected chi connectivity index (χ2v) is 3.57. The molecule has 0 atom stereocenters. The van der Waals surface area contributed by atoms with Crippen molar-refractivity contribution in [1.82, 2.24) is 0 Å². The van der Waals surface area contributed by atoms with Crippen LogP contribution in [0.25, 0.3) is 0 Å². The minimum atomic E-state index is -5.50. The van der Waals surface area contributed by atoms with Gasteiger partial charge in [-0.3, -0.25) is 4.79 Å². The Morgan fingerprint density at radius 1 is 1.17 bits per heavy atom. The number of rotatable bonds is 7. The zero-order valence-electron chi connectivity index (χ0n) is 9.90. The Morgan fingerprint density at radius 2 is 1.78 bits per heavy atom. The van der Waals surface area contributed by atoms with E-state index >= 15 is 0 Å². The Morgan fingerprint density at radius 3 is 2.28 bits per heavy atom. The second kappa shape index (κ2) is 7.33. The molecular formula is C11H15F5O2. The van der Waals surface area contributed by atoms with Crippen molar-refractivity contribution in [3.8, 4) is 0 Å². The molecule has 0 spiro atoms. The summed E-state index contributed by atoms with van der Waals surface area (Å²) in [5, 5.41) is 0. The van der Waals surface area contributed by atoms with Crippen LogP contribution in [-0.4, -0.2) is 24.7 Å². The van der Waals surface area contributed by atoms with E-state index in [2.05, 4.69) is 4.74 Å². The van der Waals surface area contributed by atoms with Gasteiger partial charge in [-0.1, -0.05) is 12.2 Å². The van der Waals surface area contributed by atoms with E-state index in [1.807, 2.05) is 0 Å². The molecule has 0 aliphatic rings. The number of hydrogen-bond acceptors (Lipinski definition) is 2. The largest absolute Gasteiger partial charge is 0.466 e. The fourth-order valence-corrected chi connectivity index (χ4v) is 1.10. The van der Waals surface area contributed by atoms with Crippen LogP contribution in [0.5, 0.6) is 0 Å². The smallest absolute Gasteiger partial charge is 0.453 e. The lowest BCUT2D eigenvalue weighted by molar-refractivity contribution is -0.284. The molecule has 2 nitrogen and oxygen atoms in total. The van der Waals surface area contributed by atoms with E-state index in [0.717, 1.165) is 0 Å². The van der Waals surface area contributed by atoms with Crippen LogP contribution >= 0.6 is 0 Å². The average molecular weight is 274 g/mol. The molecule has 0 aliphatic carbocycles. The highest BCUT2D eigenvalue weighted by Gasteiger charge is 2.56. The molecule has 0 aromatic carbocycles. The maximum atomic E-state index is 12.4. The molecule has 0 aliphatic heterocycles. The van der Waals surface area contributed by atoms with Crippen LogP contribution in [0.1, 0.15) is 32.6 Å². The normalized spacial score (nSPS) is 13.0. The van der Waals surface area contributed by atoms with Gasteiger partial charge in [0.15, 0.2) is 0 Å². The fraction of sp³-hybridized carbons (Fsp3) is 0.727. The molecule has 0 aromatic rings. The van der Waals surface area contributed by atoms with E-state index in [1.54, 1.807) is 6.92 Å². The molecule has 0 amide bonds. The quantitative estimate of drug-likeness (QED) is 0.305. The van der Waals surface area contributed by atoms with Crippen LogP contribution in [0.3, 0.4) is 0 Å². The van der Waals surface area contributed by atoms with Crippen LogP contribution in [0.4, 0.5) is 22.0 Å². The first kappa shape index (κ1) is 16.9. The van der Waals surface area contributed by atoms with Crippen LogP contribution in [-0.2, 0) is 9.53 Å². The lowest BCUT2D eigenvalue weighted by Gasteiger charge is -2.18. The van der Waals surface area contributed by atoms with Gasteiger partial charge in [0.05, 0.1) is 13.0 Å². The molecule has 106 valence electrons. The molecule has 0 fully saturated rings. The van der Waals surface area contributed by atoms with Crippen molar-refractivity contribution in [3.63, 3.8) is 0 Å². The van der Waals surface area contributed by atoms with Gasteiger partial charge in [-0.25, -0.2) is 0 Å². The van der Waals surface area contributed by atoms with Crippen molar-refractivity contribution in [2.45, 2.75) is 44.7 Å². The number of carbonyl (C=O) groups is 1. The first-order valence-corrected chi connectivity index (χ1v) is 5.46. The highest BCUT2D eigenvalue weighted by molar-refractivity contribution is 5.71. The summed E-state index contributed by atoms with van der Waals surface area (Å²) >= 11 is 0. The van der Waals surface area contributed by atoms with Crippen molar-refractivity contribution < 1.29 is 31.5 Å². The number of unbranched alkanes of at least 4 members (excludes halogenated alkanes) is 1. The number of carbonyl (C=O) groups excluding carboxylic acids is 1. The molecule has 0 aromatic heterocycles. The summed E-state index contributed by atoms with van der Waals surface area (Å²) in [6, 6.07) is 0. The van der Waals surface area contributed by atoms with Crippen molar-refractivity contribution in [2.24, 2.45) is 0 Å². The minimum Gasteiger partial charge on any atom is -0.466 e. The second-order valence-electron chi connectivity index (χ2n) is 3.57. The Hall–Kier alpha value is -1.14. The Labute approximate surface area is 102 Å². The van der Waals surface area contributed by atoms with E-state index in [1.165, 1.54) is 12.2 Å². The highest BCUT2D eigenvalue weighted by Crippen LogP contribution is 2.39. The van der Waals surface area contributed by atoms with Crippen molar-refractivity contribution in [1.29, 1.82) is 0 Å². The lowest BCUT2D eigenvalue weighted by atomic mass is 10.1. The predicted octanol–water partition coefficient (Wildman–Crippen LogP) is 3.86. The van der Waals surface area contributed by atoms with E-state index in [4.69, 9.17) is 0 Å². The summed E-state index contributed by atoms with van der Waals surface area (Å²) in [6.45, 7) is 1.88. The Balaban J connectivity index is 3.81. The van der Waals surface area contributed by atoms with Gasteiger partial charge < -0.3 is 4.74 Å². The van der Waals surface area contributed by atoms with Crippen molar-refractivity contribution >= 4 is 5.97 Å². The highest BCUT2D eigenvalue weighted by atomic mass is 19.4. The van der Waals surface area contributed by atoms with Crippen molar-refractivity contribution in [2.75, 3.05) is 6.61 Å². The van der Waals surface area contributed by atoms with Gasteiger partial charge in [-0.15, -0.1) is 0 Å². The van der Waals surface area contributed by atoms with Gasteiger partial charge in [0.25, 0.3) is 0 Å². The third-order valence-electron chi connectivity index (χ3n) is 2.03. The molecule has 0 bridgehead atoms. The molecular weight excluding hydrogens is 259 g/mol. The van der Waals surface area contributed by atoms with Gasteiger partial charge >= 0.3 is 18.1 Å². The molecule has 0 saturated carbocycles. The topological polar surface area (TPSA) is 26.3 Å². The molecule has 0 saturated heterocycles. The van der Waals surface area contributed by atoms with E-state index in [-0.39, 0.29) is 25.9 Å². The number of hydrogen-bond donors (Lipinski definition) is 0. The van der Waals surface area contributed by atoms with Gasteiger partial charge in [0.1, 0.15) is 0 Å². The number of allylic oxidation sites excluding steroid dienone is 1. The van der Waals surface area contributed by atoms with Gasteiger partial charge in [-0.2, -0.15) is 22.0 Å². The van der Waals surface area contributed by atoms with Crippen LogP contribution in [0.15, 0.2) is 12.2 Å². The SMILES string of the molecule is CCOC(=O)C/C=C/CCCC(F)(F)C(F)(F)F. The zero-order chi connectivity index (χ0) is 14.2. The van der Waals surface area contributed by atoms with Gasteiger partial charge in [-0.05, 0) is 19.8 Å². The molecule has 0 rings (SSSR count). The third-order valence-corrected chi connectivity index (χ3v) is 2.03. The Bertz CT molecular complexity index is 284. The first-order valence-electron chi connectivity index (χ1n) is 5.46. The number of esters is 1. The van der Waals surface area contributed by atoms with Gasteiger partial charge in [0.2, 0.25) is 0 Å². The third kappa shape index (κ3) is 6.56. The fourth-order valence-electron chi connectivity index (χ4n) is 1.10. The monoisotopic (exact) mass is 274 g/mol. The average Bonchev–Trinajstić information content (AvgIpc) is 2.21. The first-order chi connectivity index (χ1) is 8.20. The van der Waals surface area contributed by atoms with Gasteiger partial charge in [0, 0.05) is 6.42 Å². The van der Waals surface area contributed by atoms with Crippen LogP contribution < -0.4 is 0 Å². The minimum absolute atomic E-state index is 0.0104. The van der Waals surface area contributed by atoms with E-state index < -0.39 is 24.5 Å². The maximum Gasteiger partial charge on any atom is 0.453 e. The molecule has 0 unspecified atom stereocenters. The van der Waals surface area contributed by atoms with Crippen LogP contribution in [0.2, 0.25) is 0 Å². The summed E-state index contributed by atoms with van der Waals surface area (Å²) < 4.78 is 64.8. The molecule has 0 radical (unpaired) electrons. The molecule has 0 N–H and O–H groups in total. The van der Waals surface area contributed by atoms with Crippen molar-refractivity contribution in [3.05, 3.63) is 12.2 Å². The summed E-state index contributed by atoms with van der Waals surface area (Å²) in [6.07, 6.45) is -4.21. The number of alkyl halides is 5. The molecule has 0 heterocycles. The summed E-state index contributed by atoms with van der Waals surface area (Å²) in [5.74, 6) is -5.11. The van der Waals surface area contributed by atoms with Crippen LogP contribution in [0, 0.1) is 0 Å². The zero-order valence-corrected chi connectivity index (χ0v) is 9.90. The maximum absolute atomic E-state index is 12.4. The molecule has 7 heteroatoms. The number of halogens is 5. The van der Waals surface area contributed by atoms with E-state index in [9.17, 15) is 26.7 Å². The summed E-state index contributed by atoms with van der Waals surface area (Å²) in [7, 11) is 0. The Kier molecular flexibility index (Phi) is 6.86. The lowest BCUT2D eigenvalue weighted by Crippen LogP contribution is -2.36.